The Kier molecular flexibility index (Phi) is 4.67. The lowest BCUT2D eigenvalue weighted by Gasteiger charge is -2.32. The van der Waals surface area contributed by atoms with Gasteiger partial charge in [0.15, 0.2) is 5.78 Å². The van der Waals surface area contributed by atoms with Crippen LogP contribution in [-0.2, 0) is 4.74 Å². The summed E-state index contributed by atoms with van der Waals surface area (Å²) in [5.41, 5.74) is 4.08. The summed E-state index contributed by atoms with van der Waals surface area (Å²) in [5.74, 6) is -0.0765. The SMILES string of the molecule is Cc1cc(C(=O)CN2CCO[C@@H](c3ccc(F)cc3)C2)c(C)n1C1CC1. The number of aromatic nitrogens is 1. The third-order valence-electron chi connectivity index (χ3n) is 5.46. The Balaban J connectivity index is 1.44. The maximum Gasteiger partial charge on any atom is 0.178 e. The van der Waals surface area contributed by atoms with Crippen molar-refractivity contribution in [1.82, 2.24) is 9.47 Å². The van der Waals surface area contributed by atoms with Crippen molar-refractivity contribution in [2.45, 2.75) is 38.8 Å². The number of morpholine rings is 1. The van der Waals surface area contributed by atoms with Crippen LogP contribution in [0.3, 0.4) is 0 Å². The molecule has 26 heavy (non-hydrogen) atoms. The standard InChI is InChI=1S/C21H25FN2O2/c1-14-11-19(15(2)24(14)18-7-8-18)20(25)12-23-9-10-26-21(13-23)16-3-5-17(22)6-4-16/h3-6,11,18,21H,7-10,12-13H2,1-2H3/t21-/m1/s1. The Morgan fingerprint density at radius 3 is 2.65 bits per heavy atom. The molecule has 0 bridgehead atoms. The molecule has 1 aliphatic heterocycles. The third kappa shape index (κ3) is 3.46. The third-order valence-corrected chi connectivity index (χ3v) is 5.46. The van der Waals surface area contributed by atoms with Crippen LogP contribution in [0.15, 0.2) is 30.3 Å². The lowest BCUT2D eigenvalue weighted by atomic mass is 10.1. The lowest BCUT2D eigenvalue weighted by Crippen LogP contribution is -2.41. The summed E-state index contributed by atoms with van der Waals surface area (Å²) in [4.78, 5) is 15.0. The van der Waals surface area contributed by atoms with E-state index in [-0.39, 0.29) is 17.7 Å². The molecular weight excluding hydrogens is 331 g/mol. The number of benzene rings is 1. The molecular formula is C21H25FN2O2. The van der Waals surface area contributed by atoms with Gasteiger partial charge in [-0.25, -0.2) is 4.39 Å². The highest BCUT2D eigenvalue weighted by atomic mass is 19.1. The molecule has 2 heterocycles. The summed E-state index contributed by atoms with van der Waals surface area (Å²) in [5, 5.41) is 0. The first-order chi connectivity index (χ1) is 12.5. The van der Waals surface area contributed by atoms with Crippen molar-refractivity contribution in [3.8, 4) is 0 Å². The van der Waals surface area contributed by atoms with E-state index in [4.69, 9.17) is 4.74 Å². The van der Waals surface area contributed by atoms with E-state index in [1.54, 1.807) is 12.1 Å². The van der Waals surface area contributed by atoms with Crippen molar-refractivity contribution in [3.63, 3.8) is 0 Å². The number of nitrogens with zero attached hydrogens (tertiary/aromatic N) is 2. The average molecular weight is 356 g/mol. The summed E-state index contributed by atoms with van der Waals surface area (Å²) < 4.78 is 21.3. The quantitative estimate of drug-likeness (QED) is 0.764. The number of halogens is 1. The number of rotatable bonds is 5. The van der Waals surface area contributed by atoms with Gasteiger partial charge in [0.25, 0.3) is 0 Å². The van der Waals surface area contributed by atoms with Crippen molar-refractivity contribution < 1.29 is 13.9 Å². The van der Waals surface area contributed by atoms with E-state index in [1.165, 1.54) is 30.7 Å². The summed E-state index contributed by atoms with van der Waals surface area (Å²) in [6.45, 7) is 6.51. The molecule has 2 aromatic rings. The zero-order chi connectivity index (χ0) is 18.3. The van der Waals surface area contributed by atoms with Crippen LogP contribution in [0, 0.1) is 19.7 Å². The van der Waals surface area contributed by atoms with E-state index in [0.29, 0.717) is 25.7 Å². The van der Waals surface area contributed by atoms with Gasteiger partial charge in [-0.3, -0.25) is 9.69 Å². The number of hydrogen-bond donors (Lipinski definition) is 0. The molecule has 5 heteroatoms. The summed E-state index contributed by atoms with van der Waals surface area (Å²) in [6, 6.07) is 9.05. The number of hydrogen-bond acceptors (Lipinski definition) is 3. The number of Topliss-reactive ketones (excluding diaryl/α,β-unsaturated/α-hetero) is 1. The van der Waals surface area contributed by atoms with Crippen LogP contribution in [0.4, 0.5) is 4.39 Å². The first kappa shape index (κ1) is 17.4. The smallest absolute Gasteiger partial charge is 0.178 e. The molecule has 0 radical (unpaired) electrons. The molecule has 2 aliphatic rings. The second-order valence-electron chi connectivity index (χ2n) is 7.46. The Labute approximate surface area is 153 Å². The molecule has 1 saturated heterocycles. The van der Waals surface area contributed by atoms with Crippen molar-refractivity contribution in [1.29, 1.82) is 0 Å². The van der Waals surface area contributed by atoms with Gasteiger partial charge < -0.3 is 9.30 Å². The highest BCUT2D eigenvalue weighted by Gasteiger charge is 2.29. The topological polar surface area (TPSA) is 34.5 Å². The highest BCUT2D eigenvalue weighted by Crippen LogP contribution is 2.38. The van der Waals surface area contributed by atoms with Gasteiger partial charge in [-0.15, -0.1) is 0 Å². The largest absolute Gasteiger partial charge is 0.371 e. The first-order valence-electron chi connectivity index (χ1n) is 9.34. The van der Waals surface area contributed by atoms with Gasteiger partial charge in [0, 0.05) is 36.1 Å². The summed E-state index contributed by atoms with van der Waals surface area (Å²) >= 11 is 0. The molecule has 0 amide bonds. The number of aryl methyl sites for hydroxylation is 1. The van der Waals surface area contributed by atoms with Crippen molar-refractivity contribution in [2.75, 3.05) is 26.2 Å². The molecule has 138 valence electrons. The molecule has 0 unspecified atom stereocenters. The second-order valence-corrected chi connectivity index (χ2v) is 7.46. The molecule has 0 N–H and O–H groups in total. The molecule has 2 fully saturated rings. The molecule has 4 nitrogen and oxygen atoms in total. The molecule has 4 rings (SSSR count). The van der Waals surface area contributed by atoms with Crippen LogP contribution in [0.25, 0.3) is 0 Å². The molecule has 1 atom stereocenters. The molecule has 1 aromatic carbocycles. The summed E-state index contributed by atoms with van der Waals surface area (Å²) in [7, 11) is 0. The van der Waals surface area contributed by atoms with Crippen LogP contribution in [0.2, 0.25) is 0 Å². The zero-order valence-corrected chi connectivity index (χ0v) is 15.4. The number of carbonyl (C=O) groups excluding carboxylic acids is 1. The Hall–Kier alpha value is -1.98. The number of carbonyl (C=O) groups is 1. The predicted molar refractivity (Wildman–Crippen MR) is 98.0 cm³/mol. The first-order valence-corrected chi connectivity index (χ1v) is 9.34. The normalized spacial score (nSPS) is 21.1. The van der Waals surface area contributed by atoms with E-state index in [2.05, 4.69) is 23.3 Å². The van der Waals surface area contributed by atoms with E-state index in [1.807, 2.05) is 6.07 Å². The second kappa shape index (κ2) is 6.97. The van der Waals surface area contributed by atoms with Crippen molar-refractivity contribution in [2.24, 2.45) is 0 Å². The Morgan fingerprint density at radius 2 is 1.96 bits per heavy atom. The van der Waals surface area contributed by atoms with Gasteiger partial charge in [0.05, 0.1) is 19.3 Å². The summed E-state index contributed by atoms with van der Waals surface area (Å²) in [6.07, 6.45) is 2.32. The average Bonchev–Trinajstić information content (AvgIpc) is 3.41. The van der Waals surface area contributed by atoms with E-state index in [0.717, 1.165) is 23.4 Å². The number of ether oxygens (including phenoxy) is 1. The van der Waals surface area contributed by atoms with Gasteiger partial charge in [-0.05, 0) is 50.5 Å². The van der Waals surface area contributed by atoms with Crippen LogP contribution in [-0.4, -0.2) is 41.5 Å². The minimum Gasteiger partial charge on any atom is -0.371 e. The minimum atomic E-state index is -0.248. The fraction of sp³-hybridized carbons (Fsp3) is 0.476. The van der Waals surface area contributed by atoms with Gasteiger partial charge in [0.1, 0.15) is 5.82 Å². The van der Waals surface area contributed by atoms with Crippen LogP contribution in [0.1, 0.15) is 52.3 Å². The van der Waals surface area contributed by atoms with Gasteiger partial charge in [-0.2, -0.15) is 0 Å². The molecule has 1 aromatic heterocycles. The predicted octanol–water partition coefficient (Wildman–Crippen LogP) is 3.84. The van der Waals surface area contributed by atoms with Crippen LogP contribution in [0.5, 0.6) is 0 Å². The van der Waals surface area contributed by atoms with Crippen molar-refractivity contribution >= 4 is 5.78 Å². The van der Waals surface area contributed by atoms with Gasteiger partial charge in [-0.1, -0.05) is 12.1 Å². The molecule has 1 saturated carbocycles. The molecule has 1 aliphatic carbocycles. The monoisotopic (exact) mass is 356 g/mol. The minimum absolute atomic E-state index is 0.115. The lowest BCUT2D eigenvalue weighted by molar-refractivity contribution is -0.0275. The van der Waals surface area contributed by atoms with E-state index >= 15 is 0 Å². The van der Waals surface area contributed by atoms with E-state index in [9.17, 15) is 9.18 Å². The highest BCUT2D eigenvalue weighted by molar-refractivity contribution is 5.99. The fourth-order valence-corrected chi connectivity index (χ4v) is 3.97. The van der Waals surface area contributed by atoms with Crippen LogP contribution >= 0.6 is 0 Å². The van der Waals surface area contributed by atoms with Gasteiger partial charge >= 0.3 is 0 Å². The molecule has 0 spiro atoms. The maximum atomic E-state index is 13.1. The fourth-order valence-electron chi connectivity index (χ4n) is 3.97. The van der Waals surface area contributed by atoms with E-state index < -0.39 is 0 Å². The zero-order valence-electron chi connectivity index (χ0n) is 15.4. The Morgan fingerprint density at radius 1 is 1.23 bits per heavy atom. The maximum absolute atomic E-state index is 13.1. The number of ketones is 1. The Bertz CT molecular complexity index is 808. The van der Waals surface area contributed by atoms with Gasteiger partial charge in [0.2, 0.25) is 0 Å². The van der Waals surface area contributed by atoms with Crippen LogP contribution < -0.4 is 0 Å². The van der Waals surface area contributed by atoms with Crippen molar-refractivity contribution in [3.05, 3.63) is 58.7 Å².